The van der Waals surface area contributed by atoms with Crippen molar-refractivity contribution < 1.29 is 23.8 Å². The second kappa shape index (κ2) is 57.4. The van der Waals surface area contributed by atoms with Crippen LogP contribution in [0, 0.1) is 0 Å². The Morgan fingerprint density at radius 2 is 0.618 bits per heavy atom. The molecular formula is C63H102O5. The first-order chi connectivity index (χ1) is 33.6. The van der Waals surface area contributed by atoms with Crippen LogP contribution >= 0.6 is 0 Å². The van der Waals surface area contributed by atoms with Gasteiger partial charge in [0.05, 0.1) is 6.61 Å². The fourth-order valence-corrected chi connectivity index (χ4v) is 7.15. The highest BCUT2D eigenvalue weighted by atomic mass is 16.6. The molecule has 0 bridgehead atoms. The summed E-state index contributed by atoms with van der Waals surface area (Å²) in [6.07, 6.45) is 81.8. The zero-order chi connectivity index (χ0) is 49.2. The maximum Gasteiger partial charge on any atom is 0.306 e. The van der Waals surface area contributed by atoms with Gasteiger partial charge in [-0.15, -0.1) is 0 Å². The van der Waals surface area contributed by atoms with Crippen LogP contribution in [0.5, 0.6) is 0 Å². The number of unbranched alkanes of at least 4 members (excludes halogenated alkanes) is 16. The van der Waals surface area contributed by atoms with Crippen molar-refractivity contribution in [2.45, 2.75) is 232 Å². The molecule has 0 amide bonds. The Hall–Kier alpha value is -3.96. The first kappa shape index (κ1) is 64.0. The largest absolute Gasteiger partial charge is 0.462 e. The number of hydrogen-bond donors (Lipinski definition) is 0. The van der Waals surface area contributed by atoms with Crippen LogP contribution in [0.3, 0.4) is 0 Å². The normalized spacial score (nSPS) is 13.3. The number of hydrogen-bond acceptors (Lipinski definition) is 5. The zero-order valence-corrected chi connectivity index (χ0v) is 44.1. The first-order valence-electron chi connectivity index (χ1n) is 27.7. The van der Waals surface area contributed by atoms with Crippen molar-refractivity contribution in [1.82, 2.24) is 0 Å². The minimum absolute atomic E-state index is 0.0501. The third kappa shape index (κ3) is 54.6. The lowest BCUT2D eigenvalue weighted by Crippen LogP contribution is -2.30. The molecule has 0 fully saturated rings. The van der Waals surface area contributed by atoms with Crippen LogP contribution in [0.2, 0.25) is 0 Å². The van der Waals surface area contributed by atoms with E-state index >= 15 is 0 Å². The summed E-state index contributed by atoms with van der Waals surface area (Å²) in [6.45, 7) is 7.40. The van der Waals surface area contributed by atoms with Crippen LogP contribution in [0.25, 0.3) is 0 Å². The van der Waals surface area contributed by atoms with Gasteiger partial charge in [-0.3, -0.25) is 9.59 Å². The molecule has 384 valence electrons. The van der Waals surface area contributed by atoms with Gasteiger partial charge in [0.25, 0.3) is 0 Å². The average Bonchev–Trinajstić information content (AvgIpc) is 3.34. The first-order valence-corrected chi connectivity index (χ1v) is 27.7. The SMILES string of the molecule is CC/C=C\C/C=C\C/C=C\C/C=C\CCCCCCCCCOCC(COC(=O)CCCCCCCCC/C=C\C/C=C\C/C=C\CC)OC(=O)CCCC/C=C\C/C=C\C/C=C\C/C=C\CC. The molecule has 5 heteroatoms. The van der Waals surface area contributed by atoms with Gasteiger partial charge in [0.1, 0.15) is 6.61 Å². The summed E-state index contributed by atoms with van der Waals surface area (Å²) in [4.78, 5) is 25.5. The summed E-state index contributed by atoms with van der Waals surface area (Å²) in [5.74, 6) is -0.470. The summed E-state index contributed by atoms with van der Waals surface area (Å²) in [5, 5.41) is 0. The minimum atomic E-state index is -0.578. The van der Waals surface area contributed by atoms with E-state index in [1.54, 1.807) is 0 Å². The van der Waals surface area contributed by atoms with Gasteiger partial charge < -0.3 is 14.2 Å². The molecule has 0 aromatic heterocycles. The molecule has 0 aromatic rings. The number of rotatable bonds is 49. The van der Waals surface area contributed by atoms with E-state index in [-0.39, 0.29) is 25.2 Å². The molecule has 0 aliphatic heterocycles. The molecule has 0 rings (SSSR count). The number of esters is 2. The Labute approximate surface area is 419 Å². The lowest BCUT2D eigenvalue weighted by Gasteiger charge is -2.18. The van der Waals surface area contributed by atoms with E-state index in [1.807, 2.05) is 0 Å². The summed E-state index contributed by atoms with van der Waals surface area (Å²) in [7, 11) is 0. The fraction of sp³-hybridized carbons (Fsp3) is 0.619. The van der Waals surface area contributed by atoms with Crippen LogP contribution in [0.15, 0.2) is 134 Å². The van der Waals surface area contributed by atoms with Crippen LogP contribution < -0.4 is 0 Å². The number of ether oxygens (including phenoxy) is 3. The molecule has 0 aliphatic rings. The van der Waals surface area contributed by atoms with E-state index in [2.05, 4.69) is 154 Å². The second-order valence-corrected chi connectivity index (χ2v) is 17.7. The standard InChI is InChI=1S/C63H102O5/c1-4-7-10-13-16-19-22-25-28-30-31-32-34-37-40-43-46-49-52-55-58-66-59-61(68-63(65)57-54-51-48-45-42-39-35-27-24-21-18-15-12-9-6-3)60-67-62(64)56-53-50-47-44-41-38-36-33-29-26-23-20-17-14-11-8-5-2/h7-12,16-21,25-29,31-32,35,42,45,61H,4-6,13-15,22-24,30,33-34,36-41,43-44,46-60H2,1-3H3/b10-7-,11-8-,12-9-,19-16-,20-17-,21-18-,28-25-,29-26-,32-31-,35-27-,45-42-. The van der Waals surface area contributed by atoms with Gasteiger partial charge in [0.15, 0.2) is 6.10 Å². The third-order valence-electron chi connectivity index (χ3n) is 11.2. The molecule has 0 N–H and O–H groups in total. The lowest BCUT2D eigenvalue weighted by atomic mass is 10.1. The van der Waals surface area contributed by atoms with E-state index in [1.165, 1.54) is 57.8 Å². The van der Waals surface area contributed by atoms with Crippen molar-refractivity contribution in [3.05, 3.63) is 134 Å². The minimum Gasteiger partial charge on any atom is -0.462 e. The van der Waals surface area contributed by atoms with E-state index in [0.29, 0.717) is 19.4 Å². The van der Waals surface area contributed by atoms with E-state index in [4.69, 9.17) is 14.2 Å². The van der Waals surface area contributed by atoms with Gasteiger partial charge >= 0.3 is 11.9 Å². The molecule has 1 unspecified atom stereocenters. The molecule has 68 heavy (non-hydrogen) atoms. The molecule has 0 saturated carbocycles. The monoisotopic (exact) mass is 939 g/mol. The number of allylic oxidation sites excluding steroid dienone is 22. The van der Waals surface area contributed by atoms with Crippen molar-refractivity contribution in [2.75, 3.05) is 19.8 Å². The lowest BCUT2D eigenvalue weighted by molar-refractivity contribution is -0.163. The molecule has 0 spiro atoms. The van der Waals surface area contributed by atoms with Crippen molar-refractivity contribution in [2.24, 2.45) is 0 Å². The Bertz CT molecular complexity index is 1430. The van der Waals surface area contributed by atoms with E-state index in [0.717, 1.165) is 135 Å². The average molecular weight is 940 g/mol. The van der Waals surface area contributed by atoms with Crippen LogP contribution in [-0.4, -0.2) is 37.9 Å². The Morgan fingerprint density at radius 3 is 1.01 bits per heavy atom. The third-order valence-corrected chi connectivity index (χ3v) is 11.2. The quantitative estimate of drug-likeness (QED) is 0.0345. The Balaban J connectivity index is 4.39. The molecule has 0 aliphatic carbocycles. The zero-order valence-electron chi connectivity index (χ0n) is 44.1. The van der Waals surface area contributed by atoms with Gasteiger partial charge in [-0.1, -0.05) is 219 Å². The molecule has 5 nitrogen and oxygen atoms in total. The molecule has 0 radical (unpaired) electrons. The molecule has 1 atom stereocenters. The van der Waals surface area contributed by atoms with Crippen molar-refractivity contribution in [3.8, 4) is 0 Å². The second-order valence-electron chi connectivity index (χ2n) is 17.7. The predicted octanol–water partition coefficient (Wildman–Crippen LogP) is 19.1. The smallest absolute Gasteiger partial charge is 0.306 e. The molecule has 0 heterocycles. The van der Waals surface area contributed by atoms with Gasteiger partial charge in [0, 0.05) is 19.4 Å². The molecular weight excluding hydrogens is 837 g/mol. The molecule has 0 saturated heterocycles. The van der Waals surface area contributed by atoms with Crippen molar-refractivity contribution >= 4 is 11.9 Å². The maximum absolute atomic E-state index is 12.8. The maximum atomic E-state index is 12.8. The van der Waals surface area contributed by atoms with Crippen LogP contribution in [-0.2, 0) is 23.8 Å². The van der Waals surface area contributed by atoms with E-state index < -0.39 is 6.10 Å². The van der Waals surface area contributed by atoms with Crippen LogP contribution in [0.4, 0.5) is 0 Å². The molecule has 0 aromatic carbocycles. The Kier molecular flexibility index (Phi) is 54.0. The Morgan fingerprint density at radius 1 is 0.324 bits per heavy atom. The van der Waals surface area contributed by atoms with Crippen molar-refractivity contribution in [1.29, 1.82) is 0 Å². The van der Waals surface area contributed by atoms with Gasteiger partial charge in [-0.2, -0.15) is 0 Å². The highest BCUT2D eigenvalue weighted by molar-refractivity contribution is 5.70. The van der Waals surface area contributed by atoms with Crippen LogP contribution in [0.1, 0.15) is 226 Å². The highest BCUT2D eigenvalue weighted by Gasteiger charge is 2.17. The summed E-state index contributed by atoms with van der Waals surface area (Å²) >= 11 is 0. The van der Waals surface area contributed by atoms with Gasteiger partial charge in [-0.05, 0) is 128 Å². The van der Waals surface area contributed by atoms with Gasteiger partial charge in [0.2, 0.25) is 0 Å². The number of carbonyl (C=O) groups excluding carboxylic acids is 2. The predicted molar refractivity (Wildman–Crippen MR) is 297 cm³/mol. The summed E-state index contributed by atoms with van der Waals surface area (Å²) in [6, 6.07) is 0. The highest BCUT2D eigenvalue weighted by Crippen LogP contribution is 2.13. The number of carbonyl (C=O) groups is 2. The summed E-state index contributed by atoms with van der Waals surface area (Å²) in [5.41, 5.74) is 0. The van der Waals surface area contributed by atoms with Gasteiger partial charge in [-0.25, -0.2) is 0 Å². The summed E-state index contributed by atoms with van der Waals surface area (Å²) < 4.78 is 17.4. The van der Waals surface area contributed by atoms with Crippen molar-refractivity contribution in [3.63, 3.8) is 0 Å². The fourth-order valence-electron chi connectivity index (χ4n) is 7.15. The van der Waals surface area contributed by atoms with E-state index in [9.17, 15) is 9.59 Å². The topological polar surface area (TPSA) is 61.8 Å².